The number of rotatable bonds is 3. The summed E-state index contributed by atoms with van der Waals surface area (Å²) in [6.07, 6.45) is 4.84. The van der Waals surface area contributed by atoms with Gasteiger partial charge in [-0.25, -0.2) is 4.98 Å². The maximum atomic E-state index is 5.11. The van der Waals surface area contributed by atoms with E-state index in [1.54, 1.807) is 0 Å². The molecule has 2 aromatic heterocycles. The highest BCUT2D eigenvalue weighted by atomic mass is 79.9. The van der Waals surface area contributed by atoms with Crippen LogP contribution in [0.15, 0.2) is 51.7 Å². The molecule has 4 rings (SSSR count). The van der Waals surface area contributed by atoms with Gasteiger partial charge in [0.15, 0.2) is 4.77 Å². The fourth-order valence-corrected chi connectivity index (χ4v) is 4.66. The Morgan fingerprint density at radius 2 is 1.88 bits per heavy atom. The van der Waals surface area contributed by atoms with Crippen molar-refractivity contribution in [2.75, 3.05) is 6.54 Å². The summed E-state index contributed by atoms with van der Waals surface area (Å²) in [5.74, 6) is 0. The number of nitrogens with one attached hydrogen (secondary N) is 1. The molecule has 0 radical (unpaired) electrons. The Morgan fingerprint density at radius 3 is 2.62 bits per heavy atom. The lowest BCUT2D eigenvalue weighted by molar-refractivity contribution is 0.242. The van der Waals surface area contributed by atoms with Gasteiger partial charge in [0.1, 0.15) is 0 Å². The van der Waals surface area contributed by atoms with Crippen LogP contribution in [0.2, 0.25) is 0 Å². The first-order valence-electron chi connectivity index (χ1n) is 8.28. The lowest BCUT2D eigenvalue weighted by Gasteiger charge is -2.28. The second kappa shape index (κ2) is 7.68. The van der Waals surface area contributed by atoms with E-state index < -0.39 is 0 Å². The number of hydrogen-bond acceptors (Lipinski definition) is 4. The number of aromatic nitrogens is 3. The highest BCUT2D eigenvalue weighted by molar-refractivity contribution is 9.11. The third kappa shape index (κ3) is 4.11. The Kier molecular flexibility index (Phi) is 5.31. The number of fused-ring (bicyclic) bond motifs is 1. The molecule has 26 heavy (non-hydrogen) atoms. The van der Waals surface area contributed by atoms with Crippen LogP contribution in [0.4, 0.5) is 0 Å². The minimum absolute atomic E-state index is 0.566. The van der Waals surface area contributed by atoms with Gasteiger partial charge < -0.3 is 4.98 Å². The molecule has 1 aliphatic heterocycles. The van der Waals surface area contributed by atoms with E-state index >= 15 is 0 Å². The Hall–Kier alpha value is -1.41. The summed E-state index contributed by atoms with van der Waals surface area (Å²) in [6.45, 7) is 2.77. The van der Waals surface area contributed by atoms with E-state index in [1.807, 2.05) is 18.5 Å². The van der Waals surface area contributed by atoms with Crippen LogP contribution in [0.5, 0.6) is 0 Å². The van der Waals surface area contributed by atoms with Crippen molar-refractivity contribution in [3.63, 3.8) is 0 Å². The number of H-pyrrole nitrogens is 1. The molecule has 0 fully saturated rings. The summed E-state index contributed by atoms with van der Waals surface area (Å²) in [4.78, 5) is 14.5. The summed E-state index contributed by atoms with van der Waals surface area (Å²) in [5, 5.41) is 0. The second-order valence-corrected chi connectivity index (χ2v) is 8.58. The summed E-state index contributed by atoms with van der Waals surface area (Å²) in [6, 6.07) is 10.4. The molecule has 3 aromatic rings. The van der Waals surface area contributed by atoms with Crippen molar-refractivity contribution in [3.8, 4) is 11.3 Å². The first-order valence-corrected chi connectivity index (χ1v) is 10.3. The number of pyridine rings is 1. The van der Waals surface area contributed by atoms with Crippen LogP contribution >= 0.6 is 44.1 Å². The van der Waals surface area contributed by atoms with Crippen LogP contribution < -0.4 is 0 Å². The summed E-state index contributed by atoms with van der Waals surface area (Å²) >= 11 is 12.2. The summed E-state index contributed by atoms with van der Waals surface area (Å²) < 4.78 is 2.64. The molecule has 1 aromatic carbocycles. The number of benzene rings is 1. The van der Waals surface area contributed by atoms with Crippen molar-refractivity contribution in [3.05, 3.63) is 73.3 Å². The molecule has 0 unspecified atom stereocenters. The molecule has 0 atom stereocenters. The van der Waals surface area contributed by atoms with Crippen LogP contribution in [0, 0.1) is 4.77 Å². The van der Waals surface area contributed by atoms with Gasteiger partial charge in [-0.2, -0.15) is 0 Å². The molecule has 1 aliphatic rings. The van der Waals surface area contributed by atoms with Gasteiger partial charge in [-0.05, 0) is 42.0 Å². The predicted octanol–water partition coefficient (Wildman–Crippen LogP) is 5.28. The van der Waals surface area contributed by atoms with Gasteiger partial charge in [-0.3, -0.25) is 9.88 Å². The van der Waals surface area contributed by atoms with Crippen molar-refractivity contribution >= 4 is 44.1 Å². The summed E-state index contributed by atoms with van der Waals surface area (Å²) in [5.41, 5.74) is 5.72. The van der Waals surface area contributed by atoms with Gasteiger partial charge >= 0.3 is 0 Å². The van der Waals surface area contributed by atoms with Gasteiger partial charge in [-0.1, -0.05) is 37.9 Å². The van der Waals surface area contributed by atoms with Crippen molar-refractivity contribution in [1.29, 1.82) is 0 Å². The average molecular weight is 492 g/mol. The standard InChI is InChI=1S/C19H16Br2N4S/c20-15-5-13(6-16(21)7-15)17-2-1-12(8-22-17)10-25-4-3-18-14(11-25)9-23-19(26)24-18/h1-2,5-9H,3-4,10-11H2,(H,23,24,26). The SMILES string of the molecule is S=c1ncc2c([nH]1)CCN(Cc1ccc(-c3cc(Br)cc(Br)c3)nc1)C2. The Labute approximate surface area is 174 Å². The molecule has 132 valence electrons. The van der Waals surface area contributed by atoms with Crippen LogP contribution in [0.1, 0.15) is 16.8 Å². The quantitative estimate of drug-likeness (QED) is 0.506. The molecular formula is C19H16Br2N4S. The molecule has 0 saturated heterocycles. The van der Waals surface area contributed by atoms with E-state index in [0.29, 0.717) is 4.77 Å². The minimum Gasteiger partial charge on any atom is -0.334 e. The second-order valence-electron chi connectivity index (χ2n) is 6.36. The Bertz CT molecular complexity index is 981. The van der Waals surface area contributed by atoms with Crippen LogP contribution in [-0.2, 0) is 19.5 Å². The van der Waals surface area contributed by atoms with E-state index in [-0.39, 0.29) is 0 Å². The molecule has 0 saturated carbocycles. The molecule has 0 bridgehead atoms. The molecule has 4 nitrogen and oxygen atoms in total. The third-order valence-electron chi connectivity index (χ3n) is 4.44. The fraction of sp³-hybridized carbons (Fsp3) is 0.211. The van der Waals surface area contributed by atoms with E-state index in [2.05, 4.69) is 76.0 Å². The van der Waals surface area contributed by atoms with E-state index in [1.165, 1.54) is 16.8 Å². The van der Waals surface area contributed by atoms with Crippen LogP contribution in [-0.4, -0.2) is 26.4 Å². The normalized spacial score (nSPS) is 14.2. The lowest BCUT2D eigenvalue weighted by atomic mass is 10.1. The molecule has 0 aliphatic carbocycles. The Balaban J connectivity index is 1.48. The first-order chi connectivity index (χ1) is 12.6. The molecule has 1 N–H and O–H groups in total. The van der Waals surface area contributed by atoms with E-state index in [4.69, 9.17) is 12.2 Å². The van der Waals surface area contributed by atoms with Crippen molar-refractivity contribution in [2.24, 2.45) is 0 Å². The highest BCUT2D eigenvalue weighted by Crippen LogP contribution is 2.27. The number of aromatic amines is 1. The fourth-order valence-electron chi connectivity index (χ4n) is 3.19. The summed E-state index contributed by atoms with van der Waals surface area (Å²) in [7, 11) is 0. The number of nitrogens with zero attached hydrogens (tertiary/aromatic N) is 3. The largest absolute Gasteiger partial charge is 0.334 e. The maximum Gasteiger partial charge on any atom is 0.196 e. The molecular weight excluding hydrogens is 476 g/mol. The first kappa shape index (κ1) is 18.0. The van der Waals surface area contributed by atoms with Crippen molar-refractivity contribution < 1.29 is 0 Å². The zero-order valence-corrected chi connectivity index (χ0v) is 17.9. The van der Waals surface area contributed by atoms with Gasteiger partial charge in [-0.15, -0.1) is 0 Å². The smallest absolute Gasteiger partial charge is 0.196 e. The molecule has 0 amide bonds. The van der Waals surface area contributed by atoms with Crippen molar-refractivity contribution in [2.45, 2.75) is 19.5 Å². The van der Waals surface area contributed by atoms with Crippen molar-refractivity contribution in [1.82, 2.24) is 19.9 Å². The zero-order chi connectivity index (χ0) is 18.1. The van der Waals surface area contributed by atoms with Gasteiger partial charge in [0.2, 0.25) is 0 Å². The monoisotopic (exact) mass is 490 g/mol. The average Bonchev–Trinajstić information content (AvgIpc) is 2.62. The predicted molar refractivity (Wildman–Crippen MR) is 112 cm³/mol. The number of hydrogen-bond donors (Lipinski definition) is 1. The van der Waals surface area contributed by atoms with Gasteiger partial charge in [0, 0.05) is 64.2 Å². The van der Waals surface area contributed by atoms with Crippen LogP contribution in [0.3, 0.4) is 0 Å². The molecule has 3 heterocycles. The zero-order valence-electron chi connectivity index (χ0n) is 13.9. The minimum atomic E-state index is 0.566. The van der Waals surface area contributed by atoms with Gasteiger partial charge in [0.05, 0.1) is 5.69 Å². The Morgan fingerprint density at radius 1 is 1.08 bits per heavy atom. The van der Waals surface area contributed by atoms with Crippen LogP contribution in [0.25, 0.3) is 11.3 Å². The van der Waals surface area contributed by atoms with E-state index in [9.17, 15) is 0 Å². The third-order valence-corrected chi connectivity index (χ3v) is 5.57. The maximum absolute atomic E-state index is 5.11. The molecule has 7 heteroatoms. The lowest BCUT2D eigenvalue weighted by Crippen LogP contribution is -2.30. The molecule has 0 spiro atoms. The highest BCUT2D eigenvalue weighted by Gasteiger charge is 2.17. The van der Waals surface area contributed by atoms with Gasteiger partial charge in [0.25, 0.3) is 0 Å². The topological polar surface area (TPSA) is 44.8 Å². The van der Waals surface area contributed by atoms with E-state index in [0.717, 1.165) is 46.3 Å². The number of halogens is 2.